The van der Waals surface area contributed by atoms with Crippen LogP contribution in [0.4, 0.5) is 0 Å². The molecule has 0 saturated heterocycles. The first-order valence-electron chi connectivity index (χ1n) is 9.16. The van der Waals surface area contributed by atoms with E-state index in [9.17, 15) is 9.59 Å². The Hall–Kier alpha value is -4.00. The van der Waals surface area contributed by atoms with Crippen LogP contribution < -0.4 is 11.2 Å². The number of para-hydroxylation sites is 2. The van der Waals surface area contributed by atoms with Crippen LogP contribution in [0.5, 0.6) is 0 Å². The van der Waals surface area contributed by atoms with Crippen molar-refractivity contribution < 1.29 is 0 Å². The zero-order chi connectivity index (χ0) is 20.1. The minimum Gasteiger partial charge on any atom is -0.338 e. The number of hydrogen-bond acceptors (Lipinski definition) is 4. The van der Waals surface area contributed by atoms with E-state index in [0.29, 0.717) is 28.1 Å². The Labute approximate surface area is 164 Å². The number of rotatable bonds is 2. The molecule has 3 heterocycles. The first kappa shape index (κ1) is 17.1. The van der Waals surface area contributed by atoms with Gasteiger partial charge in [-0.05, 0) is 18.2 Å². The van der Waals surface area contributed by atoms with Crippen molar-refractivity contribution in [3.05, 3.63) is 81.5 Å². The van der Waals surface area contributed by atoms with Gasteiger partial charge < -0.3 is 4.98 Å². The fraction of sp³-hybridized carbons (Fsp3) is 0.0909. The van der Waals surface area contributed by atoms with Crippen LogP contribution in [-0.2, 0) is 14.1 Å². The highest BCUT2D eigenvalue weighted by Gasteiger charge is 2.18. The number of aryl methyl sites for hydroxylation is 1. The molecule has 5 rings (SSSR count). The van der Waals surface area contributed by atoms with E-state index in [0.717, 1.165) is 21.2 Å². The molecule has 0 amide bonds. The largest absolute Gasteiger partial charge is 0.338 e. The van der Waals surface area contributed by atoms with Crippen LogP contribution >= 0.6 is 0 Å². The summed E-state index contributed by atoms with van der Waals surface area (Å²) < 4.78 is 2.49. The van der Waals surface area contributed by atoms with Crippen LogP contribution in [0.3, 0.4) is 0 Å². The SMILES string of the molecule is Cn1c(=O)c2cc(-c3nc4ccccc4[nH]3)c(-c3ccccc3)nc2n(C)c1=O. The van der Waals surface area contributed by atoms with Gasteiger partial charge in [-0.15, -0.1) is 0 Å². The molecule has 0 aliphatic rings. The maximum atomic E-state index is 12.8. The Balaban J connectivity index is 1.93. The van der Waals surface area contributed by atoms with E-state index in [2.05, 4.69) is 4.98 Å². The van der Waals surface area contributed by atoms with Crippen LogP contribution in [0.15, 0.2) is 70.3 Å². The highest BCUT2D eigenvalue weighted by molar-refractivity contribution is 5.90. The van der Waals surface area contributed by atoms with Crippen molar-refractivity contribution >= 4 is 22.1 Å². The van der Waals surface area contributed by atoms with Gasteiger partial charge in [0.05, 0.1) is 22.1 Å². The zero-order valence-corrected chi connectivity index (χ0v) is 15.9. The Morgan fingerprint density at radius 1 is 0.862 bits per heavy atom. The van der Waals surface area contributed by atoms with E-state index >= 15 is 0 Å². The molecule has 0 unspecified atom stereocenters. The van der Waals surface area contributed by atoms with Crippen LogP contribution in [0.1, 0.15) is 0 Å². The second-order valence-electron chi connectivity index (χ2n) is 6.93. The molecule has 1 N–H and O–H groups in total. The molecule has 0 saturated carbocycles. The standard InChI is InChI=1S/C22H17N5O2/c1-26-20-15(21(28)27(2)22(26)29)12-14(18(25-20)13-8-4-3-5-9-13)19-23-16-10-6-7-11-17(16)24-19/h3-12H,1-2H3,(H,23,24). The molecule has 0 radical (unpaired) electrons. The smallest absolute Gasteiger partial charge is 0.332 e. The molecule has 5 aromatic rings. The third-order valence-electron chi connectivity index (χ3n) is 5.12. The molecule has 0 aliphatic heterocycles. The molecule has 0 atom stereocenters. The monoisotopic (exact) mass is 383 g/mol. The van der Waals surface area contributed by atoms with Gasteiger partial charge in [-0.2, -0.15) is 0 Å². The lowest BCUT2D eigenvalue weighted by atomic mass is 10.0. The van der Waals surface area contributed by atoms with Crippen molar-refractivity contribution in [1.82, 2.24) is 24.1 Å². The molecule has 3 aromatic heterocycles. The number of nitrogens with zero attached hydrogens (tertiary/aromatic N) is 4. The van der Waals surface area contributed by atoms with Crippen LogP contribution in [0.2, 0.25) is 0 Å². The van der Waals surface area contributed by atoms with Crippen molar-refractivity contribution in [1.29, 1.82) is 0 Å². The predicted molar refractivity (Wildman–Crippen MR) is 113 cm³/mol. The quantitative estimate of drug-likeness (QED) is 0.508. The fourth-order valence-corrected chi connectivity index (χ4v) is 3.58. The van der Waals surface area contributed by atoms with Crippen molar-refractivity contribution in [3.8, 4) is 22.6 Å². The number of hydrogen-bond donors (Lipinski definition) is 1. The maximum absolute atomic E-state index is 12.8. The van der Waals surface area contributed by atoms with Gasteiger partial charge in [0, 0.05) is 25.2 Å². The average molecular weight is 383 g/mol. The molecule has 0 bridgehead atoms. The van der Waals surface area contributed by atoms with E-state index in [1.807, 2.05) is 54.6 Å². The minimum absolute atomic E-state index is 0.344. The maximum Gasteiger partial charge on any atom is 0.332 e. The van der Waals surface area contributed by atoms with Gasteiger partial charge in [-0.25, -0.2) is 14.8 Å². The third kappa shape index (κ3) is 2.59. The first-order valence-corrected chi connectivity index (χ1v) is 9.16. The van der Waals surface area contributed by atoms with E-state index in [1.54, 1.807) is 13.1 Å². The number of H-pyrrole nitrogens is 1. The topological polar surface area (TPSA) is 85.6 Å². The first-order chi connectivity index (χ1) is 14.0. The summed E-state index contributed by atoms with van der Waals surface area (Å²) in [4.78, 5) is 37.9. The molecule has 7 heteroatoms. The molecule has 2 aromatic carbocycles. The third-order valence-corrected chi connectivity index (χ3v) is 5.12. The summed E-state index contributed by atoms with van der Waals surface area (Å²) in [5.41, 5.74) is 3.51. The number of aromatic nitrogens is 5. The normalized spacial score (nSPS) is 11.4. The summed E-state index contributed by atoms with van der Waals surface area (Å²) in [6.07, 6.45) is 0. The van der Waals surface area contributed by atoms with Crippen LogP contribution in [0.25, 0.3) is 44.7 Å². The molecule has 0 fully saturated rings. The van der Waals surface area contributed by atoms with Gasteiger partial charge in [0.2, 0.25) is 0 Å². The average Bonchev–Trinajstić information content (AvgIpc) is 3.20. The summed E-state index contributed by atoms with van der Waals surface area (Å²) in [6, 6.07) is 19.2. The van der Waals surface area contributed by atoms with Gasteiger partial charge in [0.25, 0.3) is 5.56 Å². The molecular weight excluding hydrogens is 366 g/mol. The Kier molecular flexibility index (Phi) is 3.70. The fourth-order valence-electron chi connectivity index (χ4n) is 3.58. The lowest BCUT2D eigenvalue weighted by Crippen LogP contribution is -2.37. The van der Waals surface area contributed by atoms with Gasteiger partial charge >= 0.3 is 5.69 Å². The van der Waals surface area contributed by atoms with E-state index in [-0.39, 0.29) is 5.56 Å². The second kappa shape index (κ2) is 6.27. The molecule has 29 heavy (non-hydrogen) atoms. The van der Waals surface area contributed by atoms with Crippen LogP contribution in [-0.4, -0.2) is 24.1 Å². The van der Waals surface area contributed by atoms with Gasteiger partial charge in [-0.3, -0.25) is 13.9 Å². The van der Waals surface area contributed by atoms with E-state index in [1.165, 1.54) is 11.6 Å². The van der Waals surface area contributed by atoms with E-state index < -0.39 is 5.69 Å². The molecular formula is C22H17N5O2. The summed E-state index contributed by atoms with van der Waals surface area (Å²) >= 11 is 0. The molecule has 0 spiro atoms. The van der Waals surface area contributed by atoms with Gasteiger partial charge in [0.15, 0.2) is 0 Å². The molecule has 7 nitrogen and oxygen atoms in total. The summed E-state index contributed by atoms with van der Waals surface area (Å²) in [7, 11) is 3.09. The van der Waals surface area contributed by atoms with Gasteiger partial charge in [0.1, 0.15) is 11.5 Å². The zero-order valence-electron chi connectivity index (χ0n) is 15.9. The highest BCUT2D eigenvalue weighted by Crippen LogP contribution is 2.31. The van der Waals surface area contributed by atoms with Crippen LogP contribution in [0, 0.1) is 0 Å². The molecule has 0 aliphatic carbocycles. The number of imidazole rings is 1. The lowest BCUT2D eigenvalue weighted by Gasteiger charge is -2.12. The van der Waals surface area contributed by atoms with Gasteiger partial charge in [-0.1, -0.05) is 42.5 Å². The summed E-state index contributed by atoms with van der Waals surface area (Å²) in [6.45, 7) is 0. The van der Waals surface area contributed by atoms with Crippen molar-refractivity contribution in [2.75, 3.05) is 0 Å². The number of benzene rings is 2. The number of pyridine rings is 1. The highest BCUT2D eigenvalue weighted by atomic mass is 16.2. The molecule has 142 valence electrons. The Morgan fingerprint density at radius 3 is 2.34 bits per heavy atom. The van der Waals surface area contributed by atoms with Crippen molar-refractivity contribution in [2.24, 2.45) is 14.1 Å². The summed E-state index contributed by atoms with van der Waals surface area (Å²) in [5, 5.41) is 0.365. The summed E-state index contributed by atoms with van der Waals surface area (Å²) in [5.74, 6) is 0.621. The second-order valence-corrected chi connectivity index (χ2v) is 6.93. The number of nitrogens with one attached hydrogen (secondary N) is 1. The van der Waals surface area contributed by atoms with Crippen molar-refractivity contribution in [3.63, 3.8) is 0 Å². The Bertz CT molecular complexity index is 1480. The minimum atomic E-state index is -0.412. The lowest BCUT2D eigenvalue weighted by molar-refractivity contribution is 0.708. The Morgan fingerprint density at radius 2 is 1.59 bits per heavy atom. The number of fused-ring (bicyclic) bond motifs is 2. The predicted octanol–water partition coefficient (Wildman–Crippen LogP) is 2.84. The van der Waals surface area contributed by atoms with Crippen molar-refractivity contribution in [2.45, 2.75) is 0 Å². The number of aromatic amines is 1. The van der Waals surface area contributed by atoms with E-state index in [4.69, 9.17) is 9.97 Å².